The maximum absolute atomic E-state index is 12.5. The van der Waals surface area contributed by atoms with Crippen molar-refractivity contribution in [3.05, 3.63) is 62.2 Å². The molecule has 1 unspecified atom stereocenters. The average Bonchev–Trinajstić information content (AvgIpc) is 2.75. The Kier molecular flexibility index (Phi) is 2.57. The van der Waals surface area contributed by atoms with Crippen LogP contribution >= 0.6 is 0 Å². The lowest BCUT2D eigenvalue weighted by Gasteiger charge is -2.15. The van der Waals surface area contributed by atoms with E-state index in [2.05, 4.69) is 12.6 Å². The molecular weight excluding hydrogens is 288 g/mol. The third kappa shape index (κ3) is 1.55. The molecule has 116 valence electrons. The fourth-order valence-electron chi connectivity index (χ4n) is 3.85. The summed E-state index contributed by atoms with van der Waals surface area (Å²) in [6.07, 6.45) is 0. The Morgan fingerprint density at radius 3 is 2.17 bits per heavy atom. The van der Waals surface area contributed by atoms with Crippen LogP contribution in [0.25, 0.3) is 27.5 Å². The number of benzene rings is 1. The Labute approximate surface area is 133 Å². The highest BCUT2D eigenvalue weighted by atomic mass is 16.1. The van der Waals surface area contributed by atoms with Gasteiger partial charge in [-0.15, -0.1) is 0 Å². The lowest BCUT2D eigenvalue weighted by atomic mass is 9.93. The molecule has 3 heterocycles. The van der Waals surface area contributed by atoms with E-state index in [1.54, 1.807) is 28.3 Å². The van der Waals surface area contributed by atoms with Gasteiger partial charge in [0, 0.05) is 47.1 Å². The number of aromatic nitrogens is 2. The lowest BCUT2D eigenvalue weighted by molar-refractivity contribution is 0.885. The van der Waals surface area contributed by atoms with E-state index in [1.807, 2.05) is 20.8 Å². The van der Waals surface area contributed by atoms with E-state index in [1.165, 1.54) is 0 Å². The first-order valence-electron chi connectivity index (χ1n) is 7.71. The molecule has 0 aliphatic carbocycles. The van der Waals surface area contributed by atoms with E-state index in [9.17, 15) is 9.59 Å². The second kappa shape index (κ2) is 4.22. The van der Waals surface area contributed by atoms with Crippen LogP contribution in [0.15, 0.2) is 34.4 Å². The minimum atomic E-state index is -0.0531. The van der Waals surface area contributed by atoms with Gasteiger partial charge in [-0.2, -0.15) is 0 Å². The molecular formula is C19H18N2O2. The smallest absolute Gasteiger partial charge is 0.255 e. The van der Waals surface area contributed by atoms with Gasteiger partial charge in [0.2, 0.25) is 0 Å². The van der Waals surface area contributed by atoms with Crippen LogP contribution in [0.1, 0.15) is 29.5 Å². The summed E-state index contributed by atoms with van der Waals surface area (Å²) in [7, 11) is 1.79. The van der Waals surface area contributed by atoms with Crippen LogP contribution < -0.4 is 11.1 Å². The zero-order chi connectivity index (χ0) is 16.6. The van der Waals surface area contributed by atoms with Gasteiger partial charge in [-0.05, 0) is 31.0 Å². The van der Waals surface area contributed by atoms with Crippen molar-refractivity contribution in [3.63, 3.8) is 0 Å². The first kappa shape index (κ1) is 14.0. The monoisotopic (exact) mass is 306 g/mol. The second-order valence-electron chi connectivity index (χ2n) is 6.52. The van der Waals surface area contributed by atoms with Crippen LogP contribution in [0.5, 0.6) is 0 Å². The summed E-state index contributed by atoms with van der Waals surface area (Å²) in [6, 6.07) is 5.43. The number of rotatable bonds is 0. The highest BCUT2D eigenvalue weighted by Crippen LogP contribution is 2.43. The van der Waals surface area contributed by atoms with E-state index in [0.29, 0.717) is 0 Å². The Bertz CT molecular complexity index is 1160. The average molecular weight is 306 g/mol. The molecule has 1 aliphatic rings. The zero-order valence-electron chi connectivity index (χ0n) is 13.7. The van der Waals surface area contributed by atoms with Gasteiger partial charge < -0.3 is 4.57 Å². The number of hydrogen-bond acceptors (Lipinski definition) is 2. The maximum atomic E-state index is 12.5. The predicted octanol–water partition coefficient (Wildman–Crippen LogP) is 3.06. The molecule has 4 nitrogen and oxygen atoms in total. The third-order valence-corrected chi connectivity index (χ3v) is 5.17. The number of allylic oxidation sites excluding steroid dienone is 1. The minimum absolute atomic E-state index is 0.00287. The Morgan fingerprint density at radius 1 is 0.957 bits per heavy atom. The van der Waals surface area contributed by atoms with Crippen LogP contribution in [-0.4, -0.2) is 9.13 Å². The zero-order valence-corrected chi connectivity index (χ0v) is 13.7. The second-order valence-corrected chi connectivity index (χ2v) is 6.52. The first-order chi connectivity index (χ1) is 10.8. The Morgan fingerprint density at radius 2 is 1.52 bits per heavy atom. The molecule has 0 amide bonds. The number of aryl methyl sites for hydroxylation is 3. The molecule has 0 bridgehead atoms. The topological polar surface area (TPSA) is 44.0 Å². The van der Waals surface area contributed by atoms with Crippen molar-refractivity contribution >= 4 is 27.5 Å². The quantitative estimate of drug-likeness (QED) is 0.599. The number of pyridine rings is 2. The van der Waals surface area contributed by atoms with Gasteiger partial charge in [-0.1, -0.05) is 13.5 Å². The molecule has 4 heteroatoms. The Balaban J connectivity index is 2.46. The molecule has 23 heavy (non-hydrogen) atoms. The van der Waals surface area contributed by atoms with Crippen molar-refractivity contribution in [1.82, 2.24) is 9.13 Å². The summed E-state index contributed by atoms with van der Waals surface area (Å²) < 4.78 is 3.39. The molecule has 2 aromatic heterocycles. The molecule has 1 atom stereocenters. The summed E-state index contributed by atoms with van der Waals surface area (Å²) in [4.78, 5) is 24.7. The van der Waals surface area contributed by atoms with Gasteiger partial charge in [0.15, 0.2) is 0 Å². The van der Waals surface area contributed by atoms with Crippen LogP contribution in [-0.2, 0) is 7.05 Å². The first-order valence-corrected chi connectivity index (χ1v) is 7.71. The summed E-state index contributed by atoms with van der Waals surface area (Å²) >= 11 is 0. The Hall–Kier alpha value is -2.62. The van der Waals surface area contributed by atoms with Crippen molar-refractivity contribution in [2.24, 2.45) is 7.05 Å². The molecule has 1 aliphatic heterocycles. The van der Waals surface area contributed by atoms with Gasteiger partial charge in [0.1, 0.15) is 0 Å². The summed E-state index contributed by atoms with van der Waals surface area (Å²) in [6.45, 7) is 10.1. The molecule has 0 saturated heterocycles. The third-order valence-electron chi connectivity index (χ3n) is 5.17. The van der Waals surface area contributed by atoms with Crippen molar-refractivity contribution < 1.29 is 0 Å². The number of hydrogen-bond donors (Lipinski definition) is 0. The van der Waals surface area contributed by atoms with Crippen LogP contribution in [0.3, 0.4) is 0 Å². The van der Waals surface area contributed by atoms with Crippen molar-refractivity contribution in [1.29, 1.82) is 0 Å². The minimum Gasteiger partial charge on any atom is -0.311 e. The highest BCUT2D eigenvalue weighted by molar-refractivity contribution is 6.06. The molecule has 0 saturated carbocycles. The summed E-state index contributed by atoms with van der Waals surface area (Å²) in [5.74, 6) is 0.00287. The lowest BCUT2D eigenvalue weighted by Crippen LogP contribution is -2.18. The fraction of sp³-hybridized carbons (Fsp3) is 0.263. The van der Waals surface area contributed by atoms with E-state index < -0.39 is 0 Å². The summed E-state index contributed by atoms with van der Waals surface area (Å²) in [5, 5.41) is 2.11. The standard InChI is InChI=1S/C19H18N2O2/c1-9-6-15(22)20(5)18-13(9)8-14-10(2)7-16(23)21-12(4)11(3)17(18)19(14)21/h6-8,11H,4H2,1-3,5H3. The number of fused-ring (bicyclic) bond motifs is 2. The van der Waals surface area contributed by atoms with Gasteiger partial charge in [0.05, 0.1) is 11.0 Å². The molecule has 0 spiro atoms. The molecule has 1 aromatic carbocycles. The molecule has 0 N–H and O–H groups in total. The normalized spacial score (nSPS) is 16.7. The molecule has 0 radical (unpaired) electrons. The van der Waals surface area contributed by atoms with Crippen LogP contribution in [0, 0.1) is 13.8 Å². The largest absolute Gasteiger partial charge is 0.311 e. The molecule has 3 aromatic rings. The molecule has 4 rings (SSSR count). The highest BCUT2D eigenvalue weighted by Gasteiger charge is 2.30. The molecule has 0 fully saturated rings. The number of nitrogens with zero attached hydrogens (tertiary/aromatic N) is 2. The summed E-state index contributed by atoms with van der Waals surface area (Å²) in [5.41, 5.74) is 5.46. The van der Waals surface area contributed by atoms with E-state index in [0.717, 1.165) is 44.2 Å². The SMILES string of the molecule is C=C1C(C)c2c3c(cc4c(C)cc(=O)n1c24)c(C)cc(=O)n3C. The van der Waals surface area contributed by atoms with Gasteiger partial charge in [0.25, 0.3) is 11.1 Å². The van der Waals surface area contributed by atoms with E-state index in [-0.39, 0.29) is 17.0 Å². The van der Waals surface area contributed by atoms with Gasteiger partial charge >= 0.3 is 0 Å². The van der Waals surface area contributed by atoms with Crippen molar-refractivity contribution in [2.45, 2.75) is 26.7 Å². The van der Waals surface area contributed by atoms with E-state index >= 15 is 0 Å². The van der Waals surface area contributed by atoms with Gasteiger partial charge in [-0.25, -0.2) is 0 Å². The van der Waals surface area contributed by atoms with Crippen molar-refractivity contribution in [2.75, 3.05) is 0 Å². The predicted molar refractivity (Wildman–Crippen MR) is 94.2 cm³/mol. The maximum Gasteiger partial charge on any atom is 0.255 e. The van der Waals surface area contributed by atoms with Gasteiger partial charge in [-0.3, -0.25) is 14.2 Å². The van der Waals surface area contributed by atoms with Crippen molar-refractivity contribution in [3.8, 4) is 0 Å². The van der Waals surface area contributed by atoms with Crippen LogP contribution in [0.4, 0.5) is 0 Å². The van der Waals surface area contributed by atoms with Crippen LogP contribution in [0.2, 0.25) is 0 Å². The fourth-order valence-corrected chi connectivity index (χ4v) is 3.85. The van der Waals surface area contributed by atoms with E-state index in [4.69, 9.17) is 0 Å².